The van der Waals surface area contributed by atoms with Crippen LogP contribution >= 0.6 is 0 Å². The summed E-state index contributed by atoms with van der Waals surface area (Å²) in [6, 6.07) is 7.73. The van der Waals surface area contributed by atoms with Crippen molar-refractivity contribution >= 4 is 22.6 Å². The molecule has 0 unspecified atom stereocenters. The number of hydrogen-bond donors (Lipinski definition) is 1. The van der Waals surface area contributed by atoms with Gasteiger partial charge in [0, 0.05) is 37.8 Å². The molecule has 3 heterocycles. The van der Waals surface area contributed by atoms with Gasteiger partial charge in [-0.1, -0.05) is 18.2 Å². The van der Waals surface area contributed by atoms with Crippen molar-refractivity contribution in [1.29, 1.82) is 0 Å². The number of para-hydroxylation sites is 1. The van der Waals surface area contributed by atoms with E-state index in [1.165, 1.54) is 0 Å². The number of furan rings is 1. The summed E-state index contributed by atoms with van der Waals surface area (Å²) >= 11 is 0. The number of benzene rings is 1. The molecule has 2 aromatic heterocycles. The van der Waals surface area contributed by atoms with Gasteiger partial charge in [0.2, 0.25) is 0 Å². The zero-order valence-corrected chi connectivity index (χ0v) is 13.6. The third-order valence-corrected chi connectivity index (χ3v) is 4.54. The molecule has 1 atom stereocenters. The lowest BCUT2D eigenvalue weighted by molar-refractivity contribution is 0.0934. The Morgan fingerprint density at radius 3 is 3.08 bits per heavy atom. The highest BCUT2D eigenvalue weighted by molar-refractivity contribution is 6.06. The third kappa shape index (κ3) is 2.75. The van der Waals surface area contributed by atoms with Gasteiger partial charge in [-0.15, -0.1) is 0 Å². The Kier molecular flexibility index (Phi) is 3.72. The van der Waals surface area contributed by atoms with Gasteiger partial charge in [-0.3, -0.25) is 9.48 Å². The van der Waals surface area contributed by atoms with E-state index in [1.54, 1.807) is 10.9 Å². The molecule has 24 heavy (non-hydrogen) atoms. The first-order chi connectivity index (χ1) is 11.7. The summed E-state index contributed by atoms with van der Waals surface area (Å²) < 4.78 is 7.27. The van der Waals surface area contributed by atoms with Crippen LogP contribution in [0.25, 0.3) is 11.0 Å². The first kappa shape index (κ1) is 14.8. The molecule has 4 rings (SSSR count). The van der Waals surface area contributed by atoms with Crippen LogP contribution in [0.3, 0.4) is 0 Å². The number of carbonyl (C=O) groups excluding carboxylic acids is 1. The van der Waals surface area contributed by atoms with Gasteiger partial charge in [0.1, 0.15) is 11.8 Å². The predicted molar refractivity (Wildman–Crippen MR) is 92.1 cm³/mol. The number of hydrogen-bond acceptors (Lipinski definition) is 4. The van der Waals surface area contributed by atoms with Crippen LogP contribution in [0.1, 0.15) is 23.2 Å². The molecule has 1 saturated heterocycles. The van der Waals surface area contributed by atoms with Gasteiger partial charge in [-0.2, -0.15) is 5.10 Å². The van der Waals surface area contributed by atoms with Crippen LogP contribution in [-0.4, -0.2) is 34.8 Å². The van der Waals surface area contributed by atoms with Gasteiger partial charge in [-0.25, -0.2) is 0 Å². The Hall–Kier alpha value is -2.76. The van der Waals surface area contributed by atoms with Crippen molar-refractivity contribution in [3.63, 3.8) is 0 Å². The number of carbonyl (C=O) groups is 1. The number of fused-ring (bicyclic) bond motifs is 1. The van der Waals surface area contributed by atoms with Crippen LogP contribution in [0.15, 0.2) is 47.3 Å². The second-order valence-corrected chi connectivity index (χ2v) is 6.28. The van der Waals surface area contributed by atoms with E-state index in [9.17, 15) is 4.79 Å². The maximum Gasteiger partial charge on any atom is 0.255 e. The largest absolute Gasteiger partial charge is 0.463 e. The molecule has 1 aliphatic heterocycles. The monoisotopic (exact) mass is 324 g/mol. The fraction of sp³-hybridized carbons (Fsp3) is 0.333. The minimum atomic E-state index is -0.0713. The van der Waals surface area contributed by atoms with E-state index in [0.717, 1.165) is 42.6 Å². The lowest BCUT2D eigenvalue weighted by atomic mass is 10.0. The normalized spacial score (nSPS) is 18.0. The quantitative estimate of drug-likeness (QED) is 0.804. The average molecular weight is 324 g/mol. The maximum absolute atomic E-state index is 12.6. The summed E-state index contributed by atoms with van der Waals surface area (Å²) in [5.41, 5.74) is 2.44. The number of nitrogens with zero attached hydrogens (tertiary/aromatic N) is 3. The second-order valence-electron chi connectivity index (χ2n) is 6.28. The molecule has 1 N–H and O–H groups in total. The molecule has 1 amide bonds. The molecular formula is C18H20N4O2. The van der Waals surface area contributed by atoms with Gasteiger partial charge in [-0.05, 0) is 18.9 Å². The number of aryl methyl sites for hydroxylation is 1. The van der Waals surface area contributed by atoms with Crippen molar-refractivity contribution in [3.8, 4) is 0 Å². The summed E-state index contributed by atoms with van der Waals surface area (Å²) in [5.74, 6) is -0.0713. The highest BCUT2D eigenvalue weighted by Crippen LogP contribution is 2.22. The Morgan fingerprint density at radius 2 is 2.25 bits per heavy atom. The summed E-state index contributed by atoms with van der Waals surface area (Å²) in [6.07, 6.45) is 7.45. The van der Waals surface area contributed by atoms with Crippen molar-refractivity contribution in [2.75, 3.05) is 18.0 Å². The number of amides is 1. The van der Waals surface area contributed by atoms with E-state index in [-0.39, 0.29) is 11.9 Å². The minimum Gasteiger partial charge on any atom is -0.463 e. The molecule has 0 spiro atoms. The molecule has 6 heteroatoms. The first-order valence-electron chi connectivity index (χ1n) is 8.21. The lowest BCUT2D eigenvalue weighted by Crippen LogP contribution is -2.47. The number of aromatic nitrogens is 2. The fourth-order valence-corrected chi connectivity index (χ4v) is 3.32. The third-order valence-electron chi connectivity index (χ3n) is 4.54. The molecule has 1 fully saturated rings. The predicted octanol–water partition coefficient (Wildman–Crippen LogP) is 2.57. The van der Waals surface area contributed by atoms with E-state index in [1.807, 2.05) is 43.7 Å². The van der Waals surface area contributed by atoms with Crippen molar-refractivity contribution in [2.24, 2.45) is 7.05 Å². The minimum absolute atomic E-state index is 0.0713. The van der Waals surface area contributed by atoms with Crippen LogP contribution in [0.2, 0.25) is 0 Å². The summed E-state index contributed by atoms with van der Waals surface area (Å²) in [6.45, 7) is 1.79. The molecule has 124 valence electrons. The van der Waals surface area contributed by atoms with E-state index < -0.39 is 0 Å². The summed E-state index contributed by atoms with van der Waals surface area (Å²) in [5, 5.41) is 8.24. The molecule has 1 aliphatic rings. The zero-order valence-electron chi connectivity index (χ0n) is 13.6. The molecule has 0 bridgehead atoms. The first-order valence-corrected chi connectivity index (χ1v) is 8.21. The molecule has 3 aromatic rings. The van der Waals surface area contributed by atoms with Crippen LogP contribution in [-0.2, 0) is 7.05 Å². The number of nitrogens with one attached hydrogen (secondary N) is 1. The Labute approximate surface area is 140 Å². The van der Waals surface area contributed by atoms with Crippen molar-refractivity contribution in [3.05, 3.63) is 48.5 Å². The summed E-state index contributed by atoms with van der Waals surface area (Å²) in [4.78, 5) is 14.9. The standard InChI is InChI=1S/C18H20N4O2/c1-21-11-14(9-19-21)22-8-4-5-13(10-22)20-18(23)16-12-24-17-7-3-2-6-15(16)17/h2-3,6-7,9,11-13H,4-5,8,10H2,1H3,(H,20,23)/t13-/m1/s1. The van der Waals surface area contributed by atoms with Gasteiger partial charge in [0.05, 0.1) is 17.4 Å². The summed E-state index contributed by atoms with van der Waals surface area (Å²) in [7, 11) is 1.91. The molecule has 1 aromatic carbocycles. The maximum atomic E-state index is 12.6. The van der Waals surface area contributed by atoms with Crippen LogP contribution in [0, 0.1) is 0 Å². The highest BCUT2D eigenvalue weighted by atomic mass is 16.3. The number of rotatable bonds is 3. The Morgan fingerprint density at radius 1 is 1.38 bits per heavy atom. The van der Waals surface area contributed by atoms with Crippen molar-refractivity contribution in [1.82, 2.24) is 15.1 Å². The van der Waals surface area contributed by atoms with Gasteiger partial charge < -0.3 is 14.6 Å². The van der Waals surface area contributed by atoms with E-state index in [0.29, 0.717) is 5.56 Å². The molecule has 0 saturated carbocycles. The fourth-order valence-electron chi connectivity index (χ4n) is 3.32. The second kappa shape index (κ2) is 6.03. The SMILES string of the molecule is Cn1cc(N2CCC[C@@H](NC(=O)c3coc4ccccc34)C2)cn1. The topological polar surface area (TPSA) is 63.3 Å². The van der Waals surface area contributed by atoms with Gasteiger partial charge >= 0.3 is 0 Å². The number of anilines is 1. The van der Waals surface area contributed by atoms with Crippen LogP contribution in [0.5, 0.6) is 0 Å². The molecule has 0 aliphatic carbocycles. The van der Waals surface area contributed by atoms with E-state index in [4.69, 9.17) is 4.42 Å². The molecular weight excluding hydrogens is 304 g/mol. The van der Waals surface area contributed by atoms with E-state index in [2.05, 4.69) is 15.3 Å². The molecule has 6 nitrogen and oxygen atoms in total. The van der Waals surface area contributed by atoms with Gasteiger partial charge in [0.15, 0.2) is 0 Å². The van der Waals surface area contributed by atoms with Crippen molar-refractivity contribution in [2.45, 2.75) is 18.9 Å². The smallest absolute Gasteiger partial charge is 0.255 e. The van der Waals surface area contributed by atoms with Crippen LogP contribution < -0.4 is 10.2 Å². The van der Waals surface area contributed by atoms with Crippen molar-refractivity contribution < 1.29 is 9.21 Å². The molecule has 0 radical (unpaired) electrons. The average Bonchev–Trinajstić information content (AvgIpc) is 3.21. The lowest BCUT2D eigenvalue weighted by Gasteiger charge is -2.33. The van der Waals surface area contributed by atoms with E-state index >= 15 is 0 Å². The van der Waals surface area contributed by atoms with Crippen LogP contribution in [0.4, 0.5) is 5.69 Å². The Bertz CT molecular complexity index is 867. The highest BCUT2D eigenvalue weighted by Gasteiger charge is 2.24. The Balaban J connectivity index is 1.47. The zero-order chi connectivity index (χ0) is 16.5. The number of piperidine rings is 1. The van der Waals surface area contributed by atoms with Gasteiger partial charge in [0.25, 0.3) is 5.91 Å².